The quantitative estimate of drug-likeness (QED) is 0.829. The van der Waals surface area contributed by atoms with Crippen molar-refractivity contribution in [2.75, 3.05) is 45.1 Å². The summed E-state index contributed by atoms with van der Waals surface area (Å²) in [6.45, 7) is 5.21. The van der Waals surface area contributed by atoms with Crippen LogP contribution in [0.3, 0.4) is 0 Å². The van der Waals surface area contributed by atoms with Crippen molar-refractivity contribution in [3.05, 3.63) is 30.1 Å². The number of likely N-dealkylation sites (N-methyl/N-ethyl adjacent to an activating group) is 1. The molecule has 1 heterocycles. The van der Waals surface area contributed by atoms with Crippen LogP contribution in [0, 0.1) is 5.82 Å². The van der Waals surface area contributed by atoms with Gasteiger partial charge < -0.3 is 10.6 Å². The van der Waals surface area contributed by atoms with Gasteiger partial charge in [0.15, 0.2) is 0 Å². The lowest BCUT2D eigenvalue weighted by molar-refractivity contribution is -0.124. The van der Waals surface area contributed by atoms with Crippen LogP contribution < -0.4 is 10.6 Å². The van der Waals surface area contributed by atoms with Crippen LogP contribution in [0.1, 0.15) is 6.92 Å². The van der Waals surface area contributed by atoms with Crippen molar-refractivity contribution in [3.63, 3.8) is 0 Å². The molecular weight excluding hydrogens is 299 g/mol. The van der Waals surface area contributed by atoms with Gasteiger partial charge in [0.25, 0.3) is 0 Å². The maximum absolute atomic E-state index is 12.9. The van der Waals surface area contributed by atoms with E-state index in [1.165, 1.54) is 12.1 Å². The number of rotatable bonds is 5. The fourth-order valence-electron chi connectivity index (χ4n) is 2.54. The van der Waals surface area contributed by atoms with Crippen LogP contribution in [0.4, 0.5) is 10.1 Å². The predicted molar refractivity (Wildman–Crippen MR) is 86.6 cm³/mol. The predicted octanol–water partition coefficient (Wildman–Crippen LogP) is 0.516. The number of anilines is 1. The summed E-state index contributed by atoms with van der Waals surface area (Å²) >= 11 is 0. The summed E-state index contributed by atoms with van der Waals surface area (Å²) in [5, 5.41) is 5.40. The molecule has 0 unspecified atom stereocenters. The molecule has 1 aromatic carbocycles. The molecular formula is C16H23FN4O2. The fraction of sp³-hybridized carbons (Fsp3) is 0.500. The minimum atomic E-state index is -0.330. The Bertz CT molecular complexity index is 542. The van der Waals surface area contributed by atoms with Gasteiger partial charge in [-0.3, -0.25) is 19.4 Å². The average molecular weight is 322 g/mol. The Morgan fingerprint density at radius 3 is 2.35 bits per heavy atom. The lowest BCUT2D eigenvalue weighted by atomic mass is 10.2. The van der Waals surface area contributed by atoms with Gasteiger partial charge in [-0.25, -0.2) is 4.39 Å². The van der Waals surface area contributed by atoms with E-state index in [9.17, 15) is 14.0 Å². The standard InChI is InChI=1S/C16H23FN4O2/c1-12(16(23)19-14-5-3-13(17)4-6-14)21-9-7-20(8-10-21)11-15(22)18-2/h3-6,12H,7-11H2,1-2H3,(H,18,22)(H,19,23)/t12-/m0/s1. The van der Waals surface area contributed by atoms with E-state index in [0.29, 0.717) is 12.2 Å². The van der Waals surface area contributed by atoms with E-state index in [-0.39, 0.29) is 23.7 Å². The Labute approximate surface area is 135 Å². The number of piperazine rings is 1. The third-order valence-corrected chi connectivity index (χ3v) is 4.09. The second kappa shape index (κ2) is 8.03. The van der Waals surface area contributed by atoms with Crippen molar-refractivity contribution < 1.29 is 14.0 Å². The molecule has 0 bridgehead atoms. The number of nitrogens with zero attached hydrogens (tertiary/aromatic N) is 2. The summed E-state index contributed by atoms with van der Waals surface area (Å²) in [7, 11) is 1.63. The van der Waals surface area contributed by atoms with E-state index in [0.717, 1.165) is 26.2 Å². The molecule has 1 aliphatic rings. The first-order chi connectivity index (χ1) is 11.0. The maximum atomic E-state index is 12.9. The summed E-state index contributed by atoms with van der Waals surface area (Å²) in [4.78, 5) is 27.8. The van der Waals surface area contributed by atoms with Crippen LogP contribution in [0.15, 0.2) is 24.3 Å². The molecule has 1 aliphatic heterocycles. The van der Waals surface area contributed by atoms with Crippen LogP contribution in [0.5, 0.6) is 0 Å². The monoisotopic (exact) mass is 322 g/mol. The number of hydrogen-bond acceptors (Lipinski definition) is 4. The van der Waals surface area contributed by atoms with Crippen LogP contribution in [0.25, 0.3) is 0 Å². The molecule has 1 atom stereocenters. The fourth-order valence-corrected chi connectivity index (χ4v) is 2.54. The molecule has 1 fully saturated rings. The highest BCUT2D eigenvalue weighted by Crippen LogP contribution is 2.11. The highest BCUT2D eigenvalue weighted by atomic mass is 19.1. The van der Waals surface area contributed by atoms with Gasteiger partial charge in [-0.15, -0.1) is 0 Å². The Morgan fingerprint density at radius 2 is 1.78 bits per heavy atom. The Hall–Kier alpha value is -1.99. The van der Waals surface area contributed by atoms with Gasteiger partial charge >= 0.3 is 0 Å². The molecule has 0 saturated carbocycles. The van der Waals surface area contributed by atoms with Gasteiger partial charge in [0.05, 0.1) is 12.6 Å². The lowest BCUT2D eigenvalue weighted by Crippen LogP contribution is -2.54. The Kier molecular flexibility index (Phi) is 6.06. The van der Waals surface area contributed by atoms with Crippen LogP contribution >= 0.6 is 0 Å². The molecule has 126 valence electrons. The van der Waals surface area contributed by atoms with E-state index in [4.69, 9.17) is 0 Å². The first kappa shape index (κ1) is 17.4. The van der Waals surface area contributed by atoms with E-state index in [1.54, 1.807) is 19.2 Å². The van der Waals surface area contributed by atoms with E-state index in [1.807, 2.05) is 6.92 Å². The summed E-state index contributed by atoms with van der Waals surface area (Å²) < 4.78 is 12.9. The zero-order valence-corrected chi connectivity index (χ0v) is 13.5. The second-order valence-electron chi connectivity index (χ2n) is 5.66. The zero-order chi connectivity index (χ0) is 16.8. The van der Waals surface area contributed by atoms with E-state index in [2.05, 4.69) is 20.4 Å². The molecule has 0 spiro atoms. The first-order valence-corrected chi connectivity index (χ1v) is 7.73. The minimum Gasteiger partial charge on any atom is -0.358 e. The number of benzene rings is 1. The molecule has 0 aromatic heterocycles. The van der Waals surface area contributed by atoms with Crippen LogP contribution in [-0.2, 0) is 9.59 Å². The number of nitrogens with one attached hydrogen (secondary N) is 2. The SMILES string of the molecule is CNC(=O)CN1CCN([C@@H](C)C(=O)Nc2ccc(F)cc2)CC1. The van der Waals surface area contributed by atoms with Crippen LogP contribution in [-0.4, -0.2) is 67.4 Å². The Balaban J connectivity index is 1.81. The van der Waals surface area contributed by atoms with Crippen molar-refractivity contribution in [1.82, 2.24) is 15.1 Å². The van der Waals surface area contributed by atoms with Crippen molar-refractivity contribution in [1.29, 1.82) is 0 Å². The highest BCUT2D eigenvalue weighted by molar-refractivity contribution is 5.94. The van der Waals surface area contributed by atoms with Gasteiger partial charge in [0.2, 0.25) is 11.8 Å². The summed E-state index contributed by atoms with van der Waals surface area (Å²) in [5.41, 5.74) is 0.585. The molecule has 1 aromatic rings. The third-order valence-electron chi connectivity index (χ3n) is 4.09. The van der Waals surface area contributed by atoms with Crippen LogP contribution in [0.2, 0.25) is 0 Å². The Morgan fingerprint density at radius 1 is 1.17 bits per heavy atom. The van der Waals surface area contributed by atoms with Crippen molar-refractivity contribution in [2.45, 2.75) is 13.0 Å². The van der Waals surface area contributed by atoms with Crippen molar-refractivity contribution in [3.8, 4) is 0 Å². The summed E-state index contributed by atoms with van der Waals surface area (Å²) in [6.07, 6.45) is 0. The molecule has 0 aliphatic carbocycles. The van der Waals surface area contributed by atoms with Gasteiger partial charge in [-0.05, 0) is 31.2 Å². The van der Waals surface area contributed by atoms with Gasteiger partial charge in [0, 0.05) is 38.9 Å². The lowest BCUT2D eigenvalue weighted by Gasteiger charge is -2.37. The number of carbonyl (C=O) groups excluding carboxylic acids is 2. The van der Waals surface area contributed by atoms with Gasteiger partial charge in [-0.2, -0.15) is 0 Å². The van der Waals surface area contributed by atoms with Crippen molar-refractivity contribution in [2.24, 2.45) is 0 Å². The maximum Gasteiger partial charge on any atom is 0.241 e. The summed E-state index contributed by atoms with van der Waals surface area (Å²) in [5.74, 6) is -0.444. The second-order valence-corrected chi connectivity index (χ2v) is 5.66. The molecule has 7 heteroatoms. The number of hydrogen-bond donors (Lipinski definition) is 2. The largest absolute Gasteiger partial charge is 0.358 e. The third kappa shape index (κ3) is 5.01. The number of halogens is 1. The minimum absolute atomic E-state index is 0.000511. The van der Waals surface area contributed by atoms with Crippen molar-refractivity contribution >= 4 is 17.5 Å². The molecule has 2 rings (SSSR count). The smallest absolute Gasteiger partial charge is 0.241 e. The number of amides is 2. The molecule has 0 radical (unpaired) electrons. The number of carbonyl (C=O) groups is 2. The molecule has 2 N–H and O–H groups in total. The van der Waals surface area contributed by atoms with Gasteiger partial charge in [0.1, 0.15) is 5.82 Å². The molecule has 23 heavy (non-hydrogen) atoms. The average Bonchev–Trinajstić information content (AvgIpc) is 2.56. The van der Waals surface area contributed by atoms with E-state index < -0.39 is 0 Å². The molecule has 2 amide bonds. The molecule has 1 saturated heterocycles. The van der Waals surface area contributed by atoms with Gasteiger partial charge in [-0.1, -0.05) is 0 Å². The normalized spacial score (nSPS) is 17.5. The van der Waals surface area contributed by atoms with E-state index >= 15 is 0 Å². The molecule has 6 nitrogen and oxygen atoms in total. The topological polar surface area (TPSA) is 64.7 Å². The highest BCUT2D eigenvalue weighted by Gasteiger charge is 2.26. The first-order valence-electron chi connectivity index (χ1n) is 7.73. The zero-order valence-electron chi connectivity index (χ0n) is 13.5. The summed E-state index contributed by atoms with van der Waals surface area (Å²) in [6, 6.07) is 5.44.